The van der Waals surface area contributed by atoms with Crippen molar-refractivity contribution in [3.63, 3.8) is 0 Å². The molecular weight excluding hydrogens is 270 g/mol. The Labute approximate surface area is 119 Å². The number of anilines is 1. The first-order chi connectivity index (χ1) is 10.0. The number of nitrogens with one attached hydrogen (secondary N) is 1. The zero-order valence-corrected chi connectivity index (χ0v) is 11.4. The standard InChI is InChI=1S/C14H11N5O2/c1-7-8(2)15-6-16-12(7)13(20)17-9-3-4-10-11(5-9)19-14(21)18-10/h3-6H,1-2H3,(H,17,20). The summed E-state index contributed by atoms with van der Waals surface area (Å²) in [5, 5.41) is 3.69. The molecule has 1 aliphatic heterocycles. The normalized spacial score (nSPS) is 12.4. The Hall–Kier alpha value is -2.96. The third kappa shape index (κ3) is 2.40. The molecule has 3 rings (SSSR count). The predicted octanol–water partition coefficient (Wildman–Crippen LogP) is 0.719. The van der Waals surface area contributed by atoms with Crippen LogP contribution in [-0.4, -0.2) is 21.9 Å². The number of fused-ring (bicyclic) bond motifs is 1. The molecular formula is C14H11N5O2. The van der Waals surface area contributed by atoms with Gasteiger partial charge in [0.2, 0.25) is 0 Å². The van der Waals surface area contributed by atoms with Crippen molar-refractivity contribution in [3.05, 3.63) is 52.2 Å². The second kappa shape index (κ2) is 4.86. The fraction of sp³-hybridized carbons (Fsp3) is 0.143. The van der Waals surface area contributed by atoms with Crippen LogP contribution in [0.1, 0.15) is 21.7 Å². The van der Waals surface area contributed by atoms with E-state index < -0.39 is 6.03 Å². The van der Waals surface area contributed by atoms with E-state index in [-0.39, 0.29) is 5.91 Å². The Morgan fingerprint density at radius 1 is 1.10 bits per heavy atom. The van der Waals surface area contributed by atoms with Crippen LogP contribution in [0, 0.1) is 13.8 Å². The summed E-state index contributed by atoms with van der Waals surface area (Å²) in [5.74, 6) is -0.334. The third-order valence-electron chi connectivity index (χ3n) is 3.22. The number of carbonyl (C=O) groups excluding carboxylic acids is 2. The van der Waals surface area contributed by atoms with Gasteiger partial charge in [0, 0.05) is 16.9 Å². The maximum atomic E-state index is 12.2. The van der Waals surface area contributed by atoms with Crippen LogP contribution in [0.25, 0.3) is 0 Å². The molecule has 0 unspecified atom stereocenters. The van der Waals surface area contributed by atoms with Gasteiger partial charge < -0.3 is 5.32 Å². The molecule has 1 aromatic carbocycles. The zero-order valence-electron chi connectivity index (χ0n) is 11.4. The minimum Gasteiger partial charge on any atom is -0.321 e. The van der Waals surface area contributed by atoms with Crippen molar-refractivity contribution in [2.24, 2.45) is 9.98 Å². The first-order valence-corrected chi connectivity index (χ1v) is 6.25. The van der Waals surface area contributed by atoms with E-state index in [1.165, 1.54) is 6.33 Å². The second-order valence-corrected chi connectivity index (χ2v) is 4.60. The van der Waals surface area contributed by atoms with Crippen LogP contribution in [0.5, 0.6) is 0 Å². The van der Waals surface area contributed by atoms with Crippen molar-refractivity contribution in [1.82, 2.24) is 9.97 Å². The van der Waals surface area contributed by atoms with Crippen LogP contribution >= 0.6 is 0 Å². The molecule has 1 N–H and O–H groups in total. The van der Waals surface area contributed by atoms with Crippen molar-refractivity contribution < 1.29 is 9.59 Å². The minimum atomic E-state index is -0.532. The number of urea groups is 1. The second-order valence-electron chi connectivity index (χ2n) is 4.60. The summed E-state index contributed by atoms with van der Waals surface area (Å²) in [5.41, 5.74) is 2.33. The highest BCUT2D eigenvalue weighted by Crippen LogP contribution is 2.10. The quantitative estimate of drug-likeness (QED) is 0.877. The first-order valence-electron chi connectivity index (χ1n) is 6.25. The molecule has 1 aromatic heterocycles. The number of aryl methyl sites for hydroxylation is 1. The molecule has 0 bridgehead atoms. The van der Waals surface area contributed by atoms with Crippen molar-refractivity contribution in [2.75, 3.05) is 5.32 Å². The Morgan fingerprint density at radius 3 is 2.67 bits per heavy atom. The highest BCUT2D eigenvalue weighted by molar-refractivity contribution is 6.03. The molecule has 0 spiro atoms. The van der Waals surface area contributed by atoms with Gasteiger partial charge in [0.15, 0.2) is 0 Å². The van der Waals surface area contributed by atoms with Gasteiger partial charge in [-0.15, -0.1) is 0 Å². The lowest BCUT2D eigenvalue weighted by atomic mass is 10.2. The van der Waals surface area contributed by atoms with Gasteiger partial charge in [-0.2, -0.15) is 9.98 Å². The topological polar surface area (TPSA) is 96.7 Å². The zero-order chi connectivity index (χ0) is 15.0. The summed E-state index contributed by atoms with van der Waals surface area (Å²) in [7, 11) is 0. The van der Waals surface area contributed by atoms with Crippen LogP contribution in [0.4, 0.5) is 10.5 Å². The average Bonchev–Trinajstić information content (AvgIpc) is 2.81. The molecule has 3 amide bonds. The van der Waals surface area contributed by atoms with E-state index in [1.807, 2.05) is 6.92 Å². The first kappa shape index (κ1) is 13.0. The molecule has 2 aromatic rings. The van der Waals surface area contributed by atoms with Crippen molar-refractivity contribution in [1.29, 1.82) is 0 Å². The van der Waals surface area contributed by atoms with Crippen LogP contribution in [0.2, 0.25) is 0 Å². The van der Waals surface area contributed by atoms with Crippen LogP contribution in [-0.2, 0) is 0 Å². The van der Waals surface area contributed by atoms with E-state index in [0.717, 1.165) is 11.3 Å². The number of benzene rings is 1. The van der Waals surface area contributed by atoms with Crippen LogP contribution in [0.3, 0.4) is 0 Å². The summed E-state index contributed by atoms with van der Waals surface area (Å²) in [6, 6.07) is 4.37. The third-order valence-corrected chi connectivity index (χ3v) is 3.22. The maximum Gasteiger partial charge on any atom is 0.368 e. The lowest BCUT2D eigenvalue weighted by Crippen LogP contribution is -2.23. The van der Waals surface area contributed by atoms with E-state index in [2.05, 4.69) is 25.3 Å². The molecule has 1 aliphatic rings. The number of carbonyl (C=O) groups is 2. The van der Waals surface area contributed by atoms with E-state index in [4.69, 9.17) is 0 Å². The van der Waals surface area contributed by atoms with Gasteiger partial charge in [0.05, 0.1) is 10.7 Å². The molecule has 2 heterocycles. The molecule has 104 valence electrons. The number of amides is 3. The summed E-state index contributed by atoms with van der Waals surface area (Å²) in [4.78, 5) is 38.8. The number of hydrogen-bond donors (Lipinski definition) is 1. The highest BCUT2D eigenvalue weighted by Gasteiger charge is 2.13. The number of aromatic nitrogens is 2. The molecule has 0 fully saturated rings. The Balaban J connectivity index is 1.92. The van der Waals surface area contributed by atoms with Crippen molar-refractivity contribution >= 4 is 17.6 Å². The van der Waals surface area contributed by atoms with E-state index in [9.17, 15) is 9.59 Å². The van der Waals surface area contributed by atoms with Gasteiger partial charge in [-0.3, -0.25) is 4.79 Å². The van der Waals surface area contributed by atoms with Gasteiger partial charge >= 0.3 is 6.03 Å². The maximum absolute atomic E-state index is 12.2. The van der Waals surface area contributed by atoms with Gasteiger partial charge in [-0.1, -0.05) is 0 Å². The molecule has 7 heteroatoms. The summed E-state index contributed by atoms with van der Waals surface area (Å²) in [6.07, 6.45) is 1.35. The molecule has 0 atom stereocenters. The smallest absolute Gasteiger partial charge is 0.321 e. The Bertz CT molecular complexity index is 889. The summed E-state index contributed by atoms with van der Waals surface area (Å²) < 4.78 is 0. The molecule has 0 radical (unpaired) electrons. The minimum absolute atomic E-state index is 0.320. The summed E-state index contributed by atoms with van der Waals surface area (Å²) in [6.45, 7) is 3.61. The lowest BCUT2D eigenvalue weighted by molar-refractivity contribution is 0.102. The van der Waals surface area contributed by atoms with Crippen LogP contribution < -0.4 is 16.0 Å². The SMILES string of the molecule is Cc1ncnc(C(=O)Nc2ccc3c(c2)=NC(=O)N=3)c1C. The molecule has 7 nitrogen and oxygen atoms in total. The number of nitrogens with zero attached hydrogens (tertiary/aromatic N) is 4. The van der Waals surface area contributed by atoms with Gasteiger partial charge in [-0.25, -0.2) is 14.8 Å². The number of rotatable bonds is 2. The fourth-order valence-corrected chi connectivity index (χ4v) is 1.97. The Kier molecular flexibility index (Phi) is 3.02. The fourth-order valence-electron chi connectivity index (χ4n) is 1.97. The van der Waals surface area contributed by atoms with Gasteiger partial charge in [0.1, 0.15) is 12.0 Å². The van der Waals surface area contributed by atoms with Gasteiger partial charge in [-0.05, 0) is 32.0 Å². The van der Waals surface area contributed by atoms with Gasteiger partial charge in [0.25, 0.3) is 5.91 Å². The van der Waals surface area contributed by atoms with Crippen LogP contribution in [0.15, 0.2) is 34.5 Å². The monoisotopic (exact) mass is 281 g/mol. The van der Waals surface area contributed by atoms with E-state index in [0.29, 0.717) is 22.1 Å². The summed E-state index contributed by atoms with van der Waals surface area (Å²) >= 11 is 0. The number of hydrogen-bond acceptors (Lipinski definition) is 4. The average molecular weight is 281 g/mol. The predicted molar refractivity (Wildman–Crippen MR) is 73.6 cm³/mol. The highest BCUT2D eigenvalue weighted by atomic mass is 16.2. The van der Waals surface area contributed by atoms with Crippen molar-refractivity contribution in [3.8, 4) is 0 Å². The lowest BCUT2D eigenvalue weighted by Gasteiger charge is -2.07. The Morgan fingerprint density at radius 2 is 1.86 bits per heavy atom. The molecule has 0 aliphatic carbocycles. The molecule has 0 saturated carbocycles. The largest absolute Gasteiger partial charge is 0.368 e. The molecule has 0 saturated heterocycles. The van der Waals surface area contributed by atoms with Crippen molar-refractivity contribution in [2.45, 2.75) is 13.8 Å². The van der Waals surface area contributed by atoms with E-state index >= 15 is 0 Å². The van der Waals surface area contributed by atoms with E-state index in [1.54, 1.807) is 25.1 Å². The molecule has 21 heavy (non-hydrogen) atoms.